The lowest BCUT2D eigenvalue weighted by Gasteiger charge is -2.37. The Balaban J connectivity index is 2.54. The minimum Gasteiger partial charge on any atom is -0.369 e. The number of hydrogen-bond donors (Lipinski definition) is 1. The van der Waals surface area contributed by atoms with Crippen LogP contribution in [0.1, 0.15) is 26.7 Å². The SMILES string of the molecule is CC(C#N)CN1CC(C(N)=O)CCC1C. The number of nitrogens with zero attached hydrogens (tertiary/aromatic N) is 2. The molecular formula is C11H19N3O. The molecule has 2 N–H and O–H groups in total. The van der Waals surface area contributed by atoms with Crippen LogP contribution >= 0.6 is 0 Å². The van der Waals surface area contributed by atoms with Gasteiger partial charge in [-0.1, -0.05) is 0 Å². The van der Waals surface area contributed by atoms with Gasteiger partial charge in [-0.25, -0.2) is 0 Å². The zero-order valence-electron chi connectivity index (χ0n) is 9.44. The zero-order valence-corrected chi connectivity index (χ0v) is 9.44. The molecule has 1 aliphatic heterocycles. The highest BCUT2D eigenvalue weighted by molar-refractivity contribution is 5.76. The molecule has 0 aromatic heterocycles. The Morgan fingerprint density at radius 1 is 1.67 bits per heavy atom. The van der Waals surface area contributed by atoms with Crippen LogP contribution in [0.25, 0.3) is 0 Å². The van der Waals surface area contributed by atoms with E-state index in [4.69, 9.17) is 11.0 Å². The zero-order chi connectivity index (χ0) is 11.4. The lowest BCUT2D eigenvalue weighted by atomic mass is 9.92. The molecule has 0 aromatic rings. The number of nitriles is 1. The van der Waals surface area contributed by atoms with Gasteiger partial charge in [0, 0.05) is 19.1 Å². The van der Waals surface area contributed by atoms with Crippen molar-refractivity contribution < 1.29 is 4.79 Å². The van der Waals surface area contributed by atoms with Crippen molar-refractivity contribution in [2.24, 2.45) is 17.6 Å². The lowest BCUT2D eigenvalue weighted by molar-refractivity contribution is -0.124. The molecule has 1 saturated heterocycles. The smallest absolute Gasteiger partial charge is 0.221 e. The predicted molar refractivity (Wildman–Crippen MR) is 57.7 cm³/mol. The molecule has 0 aromatic carbocycles. The van der Waals surface area contributed by atoms with Crippen LogP contribution in [0.5, 0.6) is 0 Å². The first-order chi connectivity index (χ1) is 7.04. The summed E-state index contributed by atoms with van der Waals surface area (Å²) in [5, 5.41) is 8.76. The van der Waals surface area contributed by atoms with E-state index in [0.717, 1.165) is 19.4 Å². The van der Waals surface area contributed by atoms with Gasteiger partial charge in [-0.15, -0.1) is 0 Å². The molecule has 4 heteroatoms. The van der Waals surface area contributed by atoms with Crippen LogP contribution in [0.15, 0.2) is 0 Å². The first-order valence-corrected chi connectivity index (χ1v) is 5.47. The fourth-order valence-electron chi connectivity index (χ4n) is 2.06. The molecule has 0 spiro atoms. The number of piperidine rings is 1. The number of primary amides is 1. The first kappa shape index (κ1) is 12.0. The maximum absolute atomic E-state index is 11.1. The minimum absolute atomic E-state index is 0.0130. The summed E-state index contributed by atoms with van der Waals surface area (Å²) < 4.78 is 0. The number of carbonyl (C=O) groups excluding carboxylic acids is 1. The number of carbonyl (C=O) groups is 1. The molecule has 0 saturated carbocycles. The fourth-order valence-corrected chi connectivity index (χ4v) is 2.06. The molecule has 4 nitrogen and oxygen atoms in total. The quantitative estimate of drug-likeness (QED) is 0.745. The van der Waals surface area contributed by atoms with E-state index >= 15 is 0 Å². The third-order valence-electron chi connectivity index (χ3n) is 3.14. The van der Waals surface area contributed by atoms with Crippen molar-refractivity contribution in [1.82, 2.24) is 4.90 Å². The Kier molecular flexibility index (Phi) is 4.10. The van der Waals surface area contributed by atoms with Gasteiger partial charge in [0.25, 0.3) is 0 Å². The molecule has 1 fully saturated rings. The summed E-state index contributed by atoms with van der Waals surface area (Å²) in [6.45, 7) is 5.49. The van der Waals surface area contributed by atoms with E-state index in [-0.39, 0.29) is 17.7 Å². The second-order valence-corrected chi connectivity index (χ2v) is 4.51. The van der Waals surface area contributed by atoms with Gasteiger partial charge in [0.2, 0.25) is 5.91 Å². The number of rotatable bonds is 3. The van der Waals surface area contributed by atoms with Gasteiger partial charge in [-0.05, 0) is 26.7 Å². The summed E-state index contributed by atoms with van der Waals surface area (Å²) in [6.07, 6.45) is 1.87. The highest BCUT2D eigenvalue weighted by Gasteiger charge is 2.29. The monoisotopic (exact) mass is 209 g/mol. The Hall–Kier alpha value is -1.08. The van der Waals surface area contributed by atoms with Gasteiger partial charge in [-0.3, -0.25) is 9.69 Å². The highest BCUT2D eigenvalue weighted by Crippen LogP contribution is 2.22. The van der Waals surface area contributed by atoms with Crippen molar-refractivity contribution in [2.45, 2.75) is 32.7 Å². The number of amides is 1. The van der Waals surface area contributed by atoms with Crippen molar-refractivity contribution in [2.75, 3.05) is 13.1 Å². The minimum atomic E-state index is -0.212. The second-order valence-electron chi connectivity index (χ2n) is 4.51. The van der Waals surface area contributed by atoms with Crippen LogP contribution in [0.4, 0.5) is 0 Å². The van der Waals surface area contributed by atoms with Crippen LogP contribution in [0.2, 0.25) is 0 Å². The third-order valence-corrected chi connectivity index (χ3v) is 3.14. The van der Waals surface area contributed by atoms with Gasteiger partial charge < -0.3 is 5.73 Å². The Bertz CT molecular complexity index is 271. The molecule has 84 valence electrons. The normalized spacial score (nSPS) is 29.4. The van der Waals surface area contributed by atoms with Crippen LogP contribution in [0.3, 0.4) is 0 Å². The Morgan fingerprint density at radius 2 is 2.33 bits per heavy atom. The molecule has 0 radical (unpaired) electrons. The summed E-state index contributed by atoms with van der Waals surface area (Å²) in [4.78, 5) is 13.3. The summed E-state index contributed by atoms with van der Waals surface area (Å²) >= 11 is 0. The number of nitrogens with two attached hydrogens (primary N) is 1. The Morgan fingerprint density at radius 3 is 2.87 bits per heavy atom. The average Bonchev–Trinajstić information content (AvgIpc) is 2.20. The van der Waals surface area contributed by atoms with Crippen molar-refractivity contribution in [1.29, 1.82) is 5.26 Å². The van der Waals surface area contributed by atoms with Crippen molar-refractivity contribution >= 4 is 5.91 Å². The Labute approximate surface area is 91.0 Å². The van der Waals surface area contributed by atoms with Gasteiger partial charge in [0.1, 0.15) is 0 Å². The summed E-state index contributed by atoms with van der Waals surface area (Å²) in [6, 6.07) is 2.67. The van der Waals surface area contributed by atoms with Crippen molar-refractivity contribution in [3.05, 3.63) is 0 Å². The van der Waals surface area contributed by atoms with E-state index in [1.165, 1.54) is 0 Å². The summed E-state index contributed by atoms with van der Waals surface area (Å²) in [5.74, 6) is -0.234. The van der Waals surface area contributed by atoms with Gasteiger partial charge >= 0.3 is 0 Å². The van der Waals surface area contributed by atoms with E-state index < -0.39 is 0 Å². The molecule has 0 bridgehead atoms. The molecule has 15 heavy (non-hydrogen) atoms. The van der Waals surface area contributed by atoms with Gasteiger partial charge in [0.05, 0.1) is 17.9 Å². The molecule has 3 unspecified atom stereocenters. The van der Waals surface area contributed by atoms with E-state index in [1.54, 1.807) is 0 Å². The molecular weight excluding hydrogens is 190 g/mol. The van der Waals surface area contributed by atoms with E-state index in [2.05, 4.69) is 17.9 Å². The molecule has 1 rings (SSSR count). The van der Waals surface area contributed by atoms with Crippen LogP contribution < -0.4 is 5.73 Å². The van der Waals surface area contributed by atoms with Crippen molar-refractivity contribution in [3.8, 4) is 6.07 Å². The topological polar surface area (TPSA) is 70.1 Å². The maximum Gasteiger partial charge on any atom is 0.221 e. The summed E-state index contributed by atoms with van der Waals surface area (Å²) in [5.41, 5.74) is 5.31. The first-order valence-electron chi connectivity index (χ1n) is 5.47. The highest BCUT2D eigenvalue weighted by atomic mass is 16.1. The summed E-state index contributed by atoms with van der Waals surface area (Å²) in [7, 11) is 0. The van der Waals surface area contributed by atoms with E-state index in [1.807, 2.05) is 6.92 Å². The standard InChI is InChI=1S/C11H19N3O/c1-8(5-12)6-14-7-10(11(13)15)4-3-9(14)2/h8-10H,3-4,6-7H2,1-2H3,(H2,13,15). The predicted octanol–water partition coefficient (Wildman–Crippen LogP) is 0.732. The van der Waals surface area contributed by atoms with Gasteiger partial charge in [-0.2, -0.15) is 5.26 Å². The molecule has 1 aliphatic rings. The molecule has 1 amide bonds. The van der Waals surface area contributed by atoms with Crippen LogP contribution in [-0.4, -0.2) is 29.9 Å². The largest absolute Gasteiger partial charge is 0.369 e. The number of likely N-dealkylation sites (tertiary alicyclic amines) is 1. The van der Waals surface area contributed by atoms with Crippen LogP contribution in [-0.2, 0) is 4.79 Å². The lowest BCUT2D eigenvalue weighted by Crippen LogP contribution is -2.47. The fraction of sp³-hybridized carbons (Fsp3) is 0.818. The molecule has 3 atom stereocenters. The van der Waals surface area contributed by atoms with Crippen LogP contribution in [0, 0.1) is 23.2 Å². The average molecular weight is 209 g/mol. The van der Waals surface area contributed by atoms with E-state index in [0.29, 0.717) is 12.6 Å². The molecule has 1 heterocycles. The number of hydrogen-bond acceptors (Lipinski definition) is 3. The molecule has 0 aliphatic carbocycles. The van der Waals surface area contributed by atoms with Gasteiger partial charge in [0.15, 0.2) is 0 Å². The third kappa shape index (κ3) is 3.21. The van der Waals surface area contributed by atoms with Crippen molar-refractivity contribution in [3.63, 3.8) is 0 Å². The van der Waals surface area contributed by atoms with E-state index in [9.17, 15) is 4.79 Å². The maximum atomic E-state index is 11.1. The second kappa shape index (κ2) is 5.13.